The Bertz CT molecular complexity index is 3710. The number of rotatable bonds is 2. The molecule has 0 aliphatic rings. The Labute approximate surface area is 283 Å². The average molecular weight is 588 g/mol. The van der Waals surface area contributed by atoms with E-state index >= 15 is 0 Å². The van der Waals surface area contributed by atoms with E-state index in [1.807, 2.05) is 0 Å². The minimum Gasteiger partial charge on any atom is -0.456 e. The lowest BCUT2D eigenvalue weighted by Gasteiger charge is -2.18. The molecule has 0 bridgehead atoms. The zero-order chi connectivity index (χ0) is 44.3. The predicted octanol–water partition coefficient (Wildman–Crippen LogP) is 12.7. The van der Waals surface area contributed by atoms with Crippen molar-refractivity contribution in [2.45, 2.75) is 0 Å². The number of para-hydroxylation sites is 1. The molecule has 0 unspecified atom stereocenters. The van der Waals surface area contributed by atoms with Crippen LogP contribution in [0, 0.1) is 0 Å². The Morgan fingerprint density at radius 1 is 0.311 bits per heavy atom. The highest BCUT2D eigenvalue weighted by Gasteiger charge is 2.18. The van der Waals surface area contributed by atoms with Gasteiger partial charge in [0.05, 0.1) is 23.3 Å². The third-order valence-corrected chi connectivity index (χ3v) is 8.45. The van der Waals surface area contributed by atoms with E-state index in [1.165, 1.54) is 42.5 Å². The summed E-state index contributed by atoms with van der Waals surface area (Å²) in [5.41, 5.74) is 1.32. The molecule has 0 spiro atoms. The first-order valence-electron chi connectivity index (χ1n) is 22.6. The summed E-state index contributed by atoms with van der Waals surface area (Å²) in [7, 11) is 0. The van der Waals surface area contributed by atoms with Crippen LogP contribution in [0.5, 0.6) is 0 Å². The standard InChI is InChI=1S/C44H26O/c1-2-13-31-29(11-1)30-12-3-4-14-32(30)40-25-27(21-23-33(31)40)43-36-16-5-7-18-38(36)44(39-19-8-6-17-37(39)43)28-22-24-35-34-15-9-10-20-41(34)45-42(35)26-28/h1-26H/i1D,2D,3D,4D,5D,6D,7D,8D,9D,10D,11D,12D,14D,15D,20D,23D,24D. The normalized spacial score (nSPS) is 17.3. The van der Waals surface area contributed by atoms with Gasteiger partial charge in [0.25, 0.3) is 0 Å². The zero-order valence-electron chi connectivity index (χ0n) is 40.1. The molecule has 0 fully saturated rings. The molecule has 1 aromatic heterocycles. The van der Waals surface area contributed by atoms with Crippen molar-refractivity contribution in [1.82, 2.24) is 0 Å². The molecule has 208 valence electrons. The summed E-state index contributed by atoms with van der Waals surface area (Å²) in [6.07, 6.45) is 0. The first kappa shape index (κ1) is 13.4. The Balaban J connectivity index is 1.39. The van der Waals surface area contributed by atoms with Crippen LogP contribution in [-0.2, 0) is 0 Å². The van der Waals surface area contributed by atoms with Gasteiger partial charge in [0.15, 0.2) is 0 Å². The van der Waals surface area contributed by atoms with Gasteiger partial charge in [-0.2, -0.15) is 0 Å². The predicted molar refractivity (Wildman–Crippen MR) is 192 cm³/mol. The Hall–Kier alpha value is -5.92. The Morgan fingerprint density at radius 2 is 0.733 bits per heavy atom. The van der Waals surface area contributed by atoms with Gasteiger partial charge >= 0.3 is 0 Å². The number of hydrogen-bond donors (Lipinski definition) is 0. The Kier molecular flexibility index (Phi) is 2.76. The number of fused-ring (bicyclic) bond motifs is 11. The van der Waals surface area contributed by atoms with E-state index in [1.54, 1.807) is 12.1 Å². The van der Waals surface area contributed by atoms with Crippen LogP contribution in [0.3, 0.4) is 0 Å². The maximum absolute atomic E-state index is 9.50. The SMILES string of the molecule is [2H]c1cc2c(-c3cc([2H])c4c(c3)oc3c([2H])c([2H])c([2H])c([2H])c34)c3cc([2H])c([2H])cc3c(-c3cc([2H])c4c5cc([2H])c([2H])c([2H])c5c5c([2H])c([2H])c([2H])c([2H])c5c4c3)c2cc1[2H]. The van der Waals surface area contributed by atoms with E-state index in [2.05, 4.69) is 0 Å². The van der Waals surface area contributed by atoms with Gasteiger partial charge in [-0.1, -0.05) is 133 Å². The van der Waals surface area contributed by atoms with Gasteiger partial charge in [-0.15, -0.1) is 0 Å². The molecular weight excluding hydrogens is 544 g/mol. The van der Waals surface area contributed by atoms with Crippen LogP contribution in [0.4, 0.5) is 0 Å². The smallest absolute Gasteiger partial charge is 0.136 e. The molecule has 1 nitrogen and oxygen atoms in total. The van der Waals surface area contributed by atoms with E-state index in [-0.39, 0.29) is 103 Å². The van der Waals surface area contributed by atoms with Gasteiger partial charge in [0.2, 0.25) is 0 Å². The van der Waals surface area contributed by atoms with Gasteiger partial charge in [-0.05, 0) is 100 Å². The molecule has 10 aromatic rings. The highest BCUT2D eigenvalue weighted by atomic mass is 16.3. The third-order valence-electron chi connectivity index (χ3n) is 8.45. The number of benzene rings is 9. The molecular formula is C44H26O. The second-order valence-electron chi connectivity index (χ2n) is 10.7. The van der Waals surface area contributed by atoms with E-state index < -0.39 is 54.4 Å². The lowest BCUT2D eigenvalue weighted by molar-refractivity contribution is 0.669. The first-order valence-corrected chi connectivity index (χ1v) is 14.1. The quantitative estimate of drug-likeness (QED) is 0.145. The van der Waals surface area contributed by atoms with E-state index in [0.29, 0.717) is 43.8 Å². The topological polar surface area (TPSA) is 13.1 Å². The zero-order valence-corrected chi connectivity index (χ0v) is 23.1. The average Bonchev–Trinajstić information content (AvgIpc) is 3.63. The van der Waals surface area contributed by atoms with Crippen LogP contribution in [0.25, 0.3) is 98.1 Å². The second-order valence-corrected chi connectivity index (χ2v) is 10.7. The lowest BCUT2D eigenvalue weighted by atomic mass is 9.85. The molecule has 45 heavy (non-hydrogen) atoms. The van der Waals surface area contributed by atoms with Crippen LogP contribution >= 0.6 is 0 Å². The van der Waals surface area contributed by atoms with Crippen molar-refractivity contribution in [3.05, 3.63) is 157 Å². The summed E-state index contributed by atoms with van der Waals surface area (Å²) in [6.45, 7) is 0. The number of furan rings is 1. The minimum atomic E-state index is -0.568. The molecule has 0 saturated heterocycles. The van der Waals surface area contributed by atoms with Crippen molar-refractivity contribution in [2.24, 2.45) is 0 Å². The highest BCUT2D eigenvalue weighted by Crippen LogP contribution is 2.46. The summed E-state index contributed by atoms with van der Waals surface area (Å²) in [5, 5.41) is 2.07. The molecule has 0 atom stereocenters. The van der Waals surface area contributed by atoms with E-state index in [0.717, 1.165) is 0 Å². The lowest BCUT2D eigenvalue weighted by Crippen LogP contribution is -1.91. The van der Waals surface area contributed by atoms with Crippen molar-refractivity contribution >= 4 is 75.8 Å². The summed E-state index contributed by atoms with van der Waals surface area (Å²) >= 11 is 0. The molecule has 0 aliphatic carbocycles. The van der Waals surface area contributed by atoms with Crippen LogP contribution in [0.15, 0.2) is 162 Å². The van der Waals surface area contributed by atoms with E-state index in [4.69, 9.17) is 26.3 Å². The molecule has 1 heteroatoms. The summed E-state index contributed by atoms with van der Waals surface area (Å²) in [6, 6.07) is 7.26. The molecule has 0 saturated carbocycles. The molecule has 1 heterocycles. The van der Waals surface area contributed by atoms with Gasteiger partial charge in [-0.3, -0.25) is 0 Å². The largest absolute Gasteiger partial charge is 0.456 e. The van der Waals surface area contributed by atoms with Gasteiger partial charge in [0.1, 0.15) is 11.2 Å². The fourth-order valence-electron chi connectivity index (χ4n) is 6.57. The molecule has 9 aromatic carbocycles. The summed E-state index contributed by atoms with van der Waals surface area (Å²) in [5.74, 6) is 0. The van der Waals surface area contributed by atoms with Gasteiger partial charge in [-0.25, -0.2) is 0 Å². The maximum atomic E-state index is 9.50. The fourth-order valence-corrected chi connectivity index (χ4v) is 6.57. The highest BCUT2D eigenvalue weighted by molar-refractivity contribution is 6.27. The van der Waals surface area contributed by atoms with Crippen molar-refractivity contribution in [1.29, 1.82) is 0 Å². The van der Waals surface area contributed by atoms with Crippen LogP contribution in [0.1, 0.15) is 23.3 Å². The Morgan fingerprint density at radius 3 is 1.40 bits per heavy atom. The van der Waals surface area contributed by atoms with Crippen molar-refractivity contribution in [2.75, 3.05) is 0 Å². The van der Waals surface area contributed by atoms with Crippen molar-refractivity contribution < 1.29 is 27.7 Å². The fraction of sp³-hybridized carbons (Fsp3) is 0. The van der Waals surface area contributed by atoms with Crippen molar-refractivity contribution in [3.8, 4) is 22.3 Å². The second kappa shape index (κ2) is 9.29. The van der Waals surface area contributed by atoms with Gasteiger partial charge < -0.3 is 4.42 Å². The van der Waals surface area contributed by atoms with Crippen LogP contribution in [0.2, 0.25) is 0 Å². The molecule has 0 radical (unpaired) electrons. The van der Waals surface area contributed by atoms with Crippen LogP contribution < -0.4 is 0 Å². The maximum Gasteiger partial charge on any atom is 0.136 e. The minimum absolute atomic E-state index is 0.000924. The first-order chi connectivity index (χ1) is 29.3. The van der Waals surface area contributed by atoms with E-state index in [9.17, 15) is 1.37 Å². The number of hydrogen-bond acceptors (Lipinski definition) is 1. The summed E-state index contributed by atoms with van der Waals surface area (Å²) < 4.78 is 154. The van der Waals surface area contributed by atoms with Crippen molar-refractivity contribution in [3.63, 3.8) is 0 Å². The summed E-state index contributed by atoms with van der Waals surface area (Å²) in [4.78, 5) is 0. The van der Waals surface area contributed by atoms with Gasteiger partial charge in [0, 0.05) is 10.8 Å². The molecule has 0 aliphatic heterocycles. The molecule has 0 N–H and O–H groups in total. The monoisotopic (exact) mass is 587 g/mol. The molecule has 0 amide bonds. The third kappa shape index (κ3) is 3.50. The molecule has 10 rings (SSSR count). The van der Waals surface area contributed by atoms with Crippen LogP contribution in [-0.4, -0.2) is 0 Å².